The van der Waals surface area contributed by atoms with Crippen LogP contribution in [0.3, 0.4) is 0 Å². The van der Waals surface area contributed by atoms with Crippen molar-refractivity contribution in [3.05, 3.63) is 24.2 Å². The number of nitrogens with two attached hydrogens (primary N) is 1. The van der Waals surface area contributed by atoms with E-state index in [1.54, 1.807) is 25.4 Å². The zero-order valence-electron chi connectivity index (χ0n) is 12.4. The summed E-state index contributed by atoms with van der Waals surface area (Å²) in [4.78, 5) is 8.69. The van der Waals surface area contributed by atoms with E-state index in [2.05, 4.69) is 22.0 Å². The topological polar surface area (TPSA) is 87.1 Å². The van der Waals surface area contributed by atoms with Gasteiger partial charge in [-0.25, -0.2) is 4.98 Å². The molecule has 0 aliphatic heterocycles. The molecular formula is C15H20N4O2. The summed E-state index contributed by atoms with van der Waals surface area (Å²) in [5.74, 6) is 1.65. The van der Waals surface area contributed by atoms with Crippen molar-refractivity contribution >= 4 is 5.69 Å². The van der Waals surface area contributed by atoms with Crippen LogP contribution in [0.25, 0.3) is 11.6 Å². The van der Waals surface area contributed by atoms with Gasteiger partial charge in [0.1, 0.15) is 5.60 Å². The molecular weight excluding hydrogens is 268 g/mol. The largest absolute Gasteiger partial charge is 0.397 e. The molecule has 2 N–H and O–H groups in total. The summed E-state index contributed by atoms with van der Waals surface area (Å²) in [6.07, 6.45) is 5.67. The number of aromatic nitrogens is 3. The highest BCUT2D eigenvalue weighted by Gasteiger charge is 2.40. The lowest BCUT2D eigenvalue weighted by molar-refractivity contribution is -0.0609. The predicted molar refractivity (Wildman–Crippen MR) is 78.3 cm³/mol. The number of anilines is 1. The van der Waals surface area contributed by atoms with Crippen molar-refractivity contribution < 1.29 is 9.26 Å². The molecule has 21 heavy (non-hydrogen) atoms. The van der Waals surface area contributed by atoms with Gasteiger partial charge in [-0.15, -0.1) is 0 Å². The third kappa shape index (κ3) is 2.51. The number of hydrogen-bond acceptors (Lipinski definition) is 6. The molecule has 6 nitrogen and oxygen atoms in total. The molecule has 6 heteroatoms. The second-order valence-corrected chi connectivity index (χ2v) is 5.75. The monoisotopic (exact) mass is 288 g/mol. The first-order valence-corrected chi connectivity index (χ1v) is 7.25. The van der Waals surface area contributed by atoms with Gasteiger partial charge in [0.15, 0.2) is 5.69 Å². The average Bonchev–Trinajstić information content (AvgIpc) is 2.99. The van der Waals surface area contributed by atoms with E-state index in [0.717, 1.165) is 25.7 Å². The molecule has 0 atom stereocenters. The van der Waals surface area contributed by atoms with Crippen molar-refractivity contribution in [2.45, 2.75) is 38.2 Å². The summed E-state index contributed by atoms with van der Waals surface area (Å²) in [5, 5.41) is 4.12. The molecule has 2 heterocycles. The number of nitrogen functional groups attached to an aromatic ring is 1. The highest BCUT2D eigenvalue weighted by atomic mass is 16.5. The van der Waals surface area contributed by atoms with Gasteiger partial charge in [-0.2, -0.15) is 4.98 Å². The van der Waals surface area contributed by atoms with Crippen LogP contribution in [0.15, 0.2) is 22.9 Å². The molecule has 1 aliphatic rings. The zero-order valence-corrected chi connectivity index (χ0v) is 12.4. The van der Waals surface area contributed by atoms with Crippen molar-refractivity contribution in [2.24, 2.45) is 5.92 Å². The molecule has 0 unspecified atom stereocenters. The summed E-state index contributed by atoms with van der Waals surface area (Å²) in [6.45, 7) is 2.26. The molecule has 112 valence electrons. The molecule has 1 saturated carbocycles. The Hall–Kier alpha value is -1.95. The average molecular weight is 288 g/mol. The molecule has 1 fully saturated rings. The van der Waals surface area contributed by atoms with E-state index in [1.165, 1.54) is 0 Å². The second-order valence-electron chi connectivity index (χ2n) is 5.75. The molecule has 0 aromatic carbocycles. The number of nitrogens with zero attached hydrogens (tertiary/aromatic N) is 3. The van der Waals surface area contributed by atoms with Crippen LogP contribution in [-0.2, 0) is 10.3 Å². The van der Waals surface area contributed by atoms with Crippen LogP contribution in [0, 0.1) is 5.92 Å². The maximum absolute atomic E-state index is 5.90. The quantitative estimate of drug-likeness (QED) is 0.934. The Balaban J connectivity index is 1.92. The minimum Gasteiger partial charge on any atom is -0.397 e. The maximum atomic E-state index is 5.90. The number of hydrogen-bond donors (Lipinski definition) is 1. The fraction of sp³-hybridized carbons (Fsp3) is 0.533. The van der Waals surface area contributed by atoms with Gasteiger partial charge < -0.3 is 15.0 Å². The Kier molecular flexibility index (Phi) is 3.63. The van der Waals surface area contributed by atoms with Gasteiger partial charge in [-0.05, 0) is 43.7 Å². The number of ether oxygens (including phenoxy) is 1. The molecule has 0 spiro atoms. The number of pyridine rings is 1. The fourth-order valence-corrected chi connectivity index (χ4v) is 2.85. The Bertz CT molecular complexity index is 618. The predicted octanol–water partition coefficient (Wildman–Crippen LogP) is 2.77. The van der Waals surface area contributed by atoms with Gasteiger partial charge >= 0.3 is 0 Å². The Morgan fingerprint density at radius 2 is 2.14 bits per heavy atom. The SMILES string of the molecule is COC1(c2noc(-c3ncccc3N)n2)CCC(C)CC1. The van der Waals surface area contributed by atoms with E-state index < -0.39 is 5.60 Å². The third-order valence-corrected chi connectivity index (χ3v) is 4.35. The van der Waals surface area contributed by atoms with Crippen molar-refractivity contribution in [3.63, 3.8) is 0 Å². The lowest BCUT2D eigenvalue weighted by Crippen LogP contribution is -2.34. The Morgan fingerprint density at radius 3 is 2.81 bits per heavy atom. The van der Waals surface area contributed by atoms with Gasteiger partial charge in [-0.3, -0.25) is 0 Å². The summed E-state index contributed by atoms with van der Waals surface area (Å²) < 4.78 is 11.1. The van der Waals surface area contributed by atoms with Crippen LogP contribution in [0.2, 0.25) is 0 Å². The molecule has 0 bridgehead atoms. The summed E-state index contributed by atoms with van der Waals surface area (Å²) in [6, 6.07) is 3.54. The first-order valence-electron chi connectivity index (χ1n) is 7.25. The normalized spacial score (nSPS) is 25.9. The van der Waals surface area contributed by atoms with Crippen LogP contribution >= 0.6 is 0 Å². The minimum atomic E-state index is -0.447. The Labute approximate surface area is 123 Å². The smallest absolute Gasteiger partial charge is 0.278 e. The molecule has 1 aliphatic carbocycles. The lowest BCUT2D eigenvalue weighted by atomic mass is 9.79. The third-order valence-electron chi connectivity index (χ3n) is 4.35. The van der Waals surface area contributed by atoms with Crippen LogP contribution in [0.1, 0.15) is 38.4 Å². The van der Waals surface area contributed by atoms with Gasteiger partial charge in [-0.1, -0.05) is 12.1 Å². The fourth-order valence-electron chi connectivity index (χ4n) is 2.85. The number of methoxy groups -OCH3 is 1. The van der Waals surface area contributed by atoms with Crippen molar-refractivity contribution in [3.8, 4) is 11.6 Å². The summed E-state index contributed by atoms with van der Waals surface area (Å²) in [7, 11) is 1.71. The minimum absolute atomic E-state index is 0.346. The number of rotatable bonds is 3. The molecule has 0 amide bonds. The van der Waals surface area contributed by atoms with Crippen LogP contribution < -0.4 is 5.73 Å². The van der Waals surface area contributed by atoms with Gasteiger partial charge in [0.2, 0.25) is 5.82 Å². The van der Waals surface area contributed by atoms with Crippen molar-refractivity contribution in [1.29, 1.82) is 0 Å². The van der Waals surface area contributed by atoms with Crippen molar-refractivity contribution in [2.75, 3.05) is 12.8 Å². The second kappa shape index (κ2) is 5.44. The Morgan fingerprint density at radius 1 is 1.38 bits per heavy atom. The van der Waals surface area contributed by atoms with E-state index >= 15 is 0 Å². The first kappa shape index (κ1) is 14.0. The maximum Gasteiger partial charge on any atom is 0.278 e. The van der Waals surface area contributed by atoms with E-state index in [0.29, 0.717) is 29.0 Å². The zero-order chi connectivity index (χ0) is 14.9. The highest BCUT2D eigenvalue weighted by Crippen LogP contribution is 2.41. The standard InChI is InChI=1S/C15H20N4O2/c1-10-5-7-15(20-2,8-6-10)14-18-13(21-19-14)12-11(16)4-3-9-17-12/h3-4,9-10H,5-8,16H2,1-2H3. The molecule has 2 aromatic heterocycles. The van der Waals surface area contributed by atoms with E-state index in [9.17, 15) is 0 Å². The van der Waals surface area contributed by atoms with Crippen LogP contribution in [0.5, 0.6) is 0 Å². The van der Waals surface area contributed by atoms with Gasteiger partial charge in [0, 0.05) is 13.3 Å². The molecule has 3 rings (SSSR count). The van der Waals surface area contributed by atoms with E-state index in [4.69, 9.17) is 15.0 Å². The van der Waals surface area contributed by atoms with Crippen LogP contribution in [0.4, 0.5) is 5.69 Å². The summed E-state index contributed by atoms with van der Waals surface area (Å²) >= 11 is 0. The lowest BCUT2D eigenvalue weighted by Gasteiger charge is -2.35. The van der Waals surface area contributed by atoms with Gasteiger partial charge in [0.05, 0.1) is 5.69 Å². The first-order chi connectivity index (χ1) is 10.1. The van der Waals surface area contributed by atoms with E-state index in [-0.39, 0.29) is 0 Å². The van der Waals surface area contributed by atoms with Crippen molar-refractivity contribution in [1.82, 2.24) is 15.1 Å². The van der Waals surface area contributed by atoms with Gasteiger partial charge in [0.25, 0.3) is 5.89 Å². The summed E-state index contributed by atoms with van der Waals surface area (Å²) in [5.41, 5.74) is 6.50. The molecule has 0 saturated heterocycles. The molecule has 2 aromatic rings. The highest BCUT2D eigenvalue weighted by molar-refractivity contribution is 5.65. The van der Waals surface area contributed by atoms with Crippen LogP contribution in [-0.4, -0.2) is 22.2 Å². The molecule has 0 radical (unpaired) electrons. The van der Waals surface area contributed by atoms with E-state index in [1.807, 2.05) is 0 Å².